The molecule has 0 bridgehead atoms. The van der Waals surface area contributed by atoms with Crippen molar-refractivity contribution < 1.29 is 0 Å². The molecule has 0 aliphatic rings. The lowest BCUT2D eigenvalue weighted by molar-refractivity contribution is 0.684. The van der Waals surface area contributed by atoms with E-state index in [4.69, 9.17) is 5.41 Å². The van der Waals surface area contributed by atoms with Crippen LogP contribution in [0.5, 0.6) is 0 Å². The first-order valence-corrected chi connectivity index (χ1v) is 7.37. The topological polar surface area (TPSA) is 104 Å². The molecule has 120 valence electrons. The van der Waals surface area contributed by atoms with Gasteiger partial charge in [-0.2, -0.15) is 5.26 Å². The van der Waals surface area contributed by atoms with Crippen molar-refractivity contribution in [2.75, 3.05) is 23.8 Å². The van der Waals surface area contributed by atoms with Gasteiger partial charge in [0.1, 0.15) is 11.6 Å². The molecular formula is C16H21N7. The molecule has 7 heteroatoms. The highest BCUT2D eigenvalue weighted by Crippen LogP contribution is 2.32. The van der Waals surface area contributed by atoms with Crippen LogP contribution in [0.25, 0.3) is 0 Å². The van der Waals surface area contributed by atoms with E-state index in [2.05, 4.69) is 26.3 Å². The number of H-pyrrole nitrogens is 1. The Kier molecular flexibility index (Phi) is 4.65. The molecule has 0 saturated heterocycles. The summed E-state index contributed by atoms with van der Waals surface area (Å²) in [4.78, 5) is 13.7. The number of aromatic amines is 1. The fourth-order valence-electron chi connectivity index (χ4n) is 2.16. The van der Waals surface area contributed by atoms with Gasteiger partial charge in [-0.3, -0.25) is 0 Å². The SMILES string of the molecule is CCN(C)c1cc(C(C)(C)C#N)c(C=N)c(Nc2ncc[nH]2)n1. The van der Waals surface area contributed by atoms with Crippen molar-refractivity contribution in [1.29, 1.82) is 10.7 Å². The predicted octanol–water partition coefficient (Wildman–Crippen LogP) is 2.80. The number of hydrogen-bond acceptors (Lipinski definition) is 6. The number of nitrogens with one attached hydrogen (secondary N) is 3. The average Bonchev–Trinajstić information content (AvgIpc) is 3.06. The Bertz CT molecular complexity index is 726. The Hall–Kier alpha value is -2.88. The summed E-state index contributed by atoms with van der Waals surface area (Å²) in [7, 11) is 1.94. The van der Waals surface area contributed by atoms with E-state index in [0.717, 1.165) is 17.9 Å². The lowest BCUT2D eigenvalue weighted by Gasteiger charge is -2.24. The fourth-order valence-corrected chi connectivity index (χ4v) is 2.16. The molecule has 7 nitrogen and oxygen atoms in total. The average molecular weight is 311 g/mol. The molecule has 2 rings (SSSR count). The van der Waals surface area contributed by atoms with Crippen LogP contribution < -0.4 is 10.2 Å². The van der Waals surface area contributed by atoms with Gasteiger partial charge in [0.2, 0.25) is 5.95 Å². The molecule has 0 aliphatic carbocycles. The van der Waals surface area contributed by atoms with Crippen LogP contribution in [0.2, 0.25) is 0 Å². The summed E-state index contributed by atoms with van der Waals surface area (Å²) in [6.07, 6.45) is 4.56. The van der Waals surface area contributed by atoms with Crippen LogP contribution in [0, 0.1) is 16.7 Å². The maximum absolute atomic E-state index is 9.50. The lowest BCUT2D eigenvalue weighted by Crippen LogP contribution is -2.23. The van der Waals surface area contributed by atoms with Crippen LogP contribution in [-0.4, -0.2) is 34.8 Å². The normalized spacial score (nSPS) is 10.9. The van der Waals surface area contributed by atoms with Crippen molar-refractivity contribution in [3.8, 4) is 6.07 Å². The van der Waals surface area contributed by atoms with Gasteiger partial charge >= 0.3 is 0 Å². The number of nitrogens with zero attached hydrogens (tertiary/aromatic N) is 4. The summed E-state index contributed by atoms with van der Waals surface area (Å²) in [5.41, 5.74) is 0.606. The van der Waals surface area contributed by atoms with Gasteiger partial charge in [0.25, 0.3) is 0 Å². The molecule has 0 saturated carbocycles. The van der Waals surface area contributed by atoms with Crippen molar-refractivity contribution in [3.05, 3.63) is 29.6 Å². The van der Waals surface area contributed by atoms with Gasteiger partial charge in [-0.05, 0) is 32.4 Å². The Morgan fingerprint density at radius 1 is 1.52 bits per heavy atom. The molecule has 0 radical (unpaired) electrons. The van der Waals surface area contributed by atoms with Crippen LogP contribution in [0.3, 0.4) is 0 Å². The van der Waals surface area contributed by atoms with Gasteiger partial charge in [-0.25, -0.2) is 9.97 Å². The van der Waals surface area contributed by atoms with Crippen molar-refractivity contribution in [3.63, 3.8) is 0 Å². The third-order valence-electron chi connectivity index (χ3n) is 3.74. The highest BCUT2D eigenvalue weighted by molar-refractivity contribution is 5.89. The lowest BCUT2D eigenvalue weighted by atomic mass is 9.83. The van der Waals surface area contributed by atoms with Crippen molar-refractivity contribution in [2.45, 2.75) is 26.2 Å². The zero-order valence-corrected chi connectivity index (χ0v) is 13.8. The third kappa shape index (κ3) is 3.31. The molecule has 2 aromatic rings. The quantitative estimate of drug-likeness (QED) is 0.711. The fraction of sp³-hybridized carbons (Fsp3) is 0.375. The van der Waals surface area contributed by atoms with Gasteiger partial charge in [-0.1, -0.05) is 0 Å². The van der Waals surface area contributed by atoms with E-state index in [9.17, 15) is 5.26 Å². The molecule has 2 heterocycles. The zero-order chi connectivity index (χ0) is 17.0. The predicted molar refractivity (Wildman–Crippen MR) is 91.6 cm³/mol. The monoisotopic (exact) mass is 311 g/mol. The second-order valence-corrected chi connectivity index (χ2v) is 5.75. The number of pyridine rings is 1. The Morgan fingerprint density at radius 2 is 2.26 bits per heavy atom. The van der Waals surface area contributed by atoms with Crippen LogP contribution in [0.15, 0.2) is 18.5 Å². The maximum Gasteiger partial charge on any atom is 0.205 e. The molecule has 2 aromatic heterocycles. The van der Waals surface area contributed by atoms with E-state index >= 15 is 0 Å². The first-order chi connectivity index (χ1) is 10.9. The number of aromatic nitrogens is 3. The molecule has 3 N–H and O–H groups in total. The van der Waals surface area contributed by atoms with E-state index in [1.807, 2.05) is 38.8 Å². The third-order valence-corrected chi connectivity index (χ3v) is 3.74. The summed E-state index contributed by atoms with van der Waals surface area (Å²) >= 11 is 0. The number of anilines is 3. The van der Waals surface area contributed by atoms with E-state index in [1.165, 1.54) is 6.21 Å². The first kappa shape index (κ1) is 16.5. The van der Waals surface area contributed by atoms with Gasteiger partial charge in [0.05, 0.1) is 11.5 Å². The Balaban J connectivity index is 2.65. The highest BCUT2D eigenvalue weighted by Gasteiger charge is 2.26. The van der Waals surface area contributed by atoms with E-state index < -0.39 is 5.41 Å². The molecule has 0 aliphatic heterocycles. The van der Waals surface area contributed by atoms with Gasteiger partial charge in [0.15, 0.2) is 0 Å². The minimum absolute atomic E-state index is 0.506. The maximum atomic E-state index is 9.50. The summed E-state index contributed by atoms with van der Waals surface area (Å²) < 4.78 is 0. The summed E-state index contributed by atoms with van der Waals surface area (Å²) in [6, 6.07) is 4.18. The molecule has 0 atom stereocenters. The first-order valence-electron chi connectivity index (χ1n) is 7.37. The van der Waals surface area contributed by atoms with Crippen LogP contribution >= 0.6 is 0 Å². The van der Waals surface area contributed by atoms with Gasteiger partial charge in [-0.15, -0.1) is 0 Å². The number of nitriles is 1. The summed E-state index contributed by atoms with van der Waals surface area (Å²) in [6.45, 7) is 6.48. The Labute approximate surface area is 135 Å². The summed E-state index contributed by atoms with van der Waals surface area (Å²) in [5.74, 6) is 1.79. The smallest absolute Gasteiger partial charge is 0.205 e. The second kappa shape index (κ2) is 6.48. The molecule has 0 aromatic carbocycles. The van der Waals surface area contributed by atoms with Crippen LogP contribution in [0.4, 0.5) is 17.6 Å². The van der Waals surface area contributed by atoms with Crippen molar-refractivity contribution >= 4 is 23.8 Å². The minimum Gasteiger partial charge on any atom is -0.360 e. The molecule has 23 heavy (non-hydrogen) atoms. The standard InChI is InChI=1S/C16H21N7/c1-5-23(4)13-8-12(16(2,3)10-18)11(9-17)14(21-13)22-15-19-6-7-20-15/h6-9,17H,5H2,1-4H3,(H2,19,20,21,22). The molecule has 0 spiro atoms. The van der Waals surface area contributed by atoms with Gasteiger partial charge in [0, 0.05) is 37.8 Å². The number of hydrogen-bond donors (Lipinski definition) is 3. The highest BCUT2D eigenvalue weighted by atomic mass is 15.2. The van der Waals surface area contributed by atoms with E-state index in [0.29, 0.717) is 17.3 Å². The molecule has 0 unspecified atom stereocenters. The molecular weight excluding hydrogens is 290 g/mol. The van der Waals surface area contributed by atoms with Crippen LogP contribution in [-0.2, 0) is 5.41 Å². The van der Waals surface area contributed by atoms with Crippen molar-refractivity contribution in [1.82, 2.24) is 15.0 Å². The molecule has 0 fully saturated rings. The Morgan fingerprint density at radius 3 is 2.78 bits per heavy atom. The minimum atomic E-state index is -0.737. The van der Waals surface area contributed by atoms with Crippen molar-refractivity contribution in [2.24, 2.45) is 0 Å². The largest absolute Gasteiger partial charge is 0.360 e. The van der Waals surface area contributed by atoms with Gasteiger partial charge < -0.3 is 20.6 Å². The summed E-state index contributed by atoms with van der Waals surface area (Å²) in [5, 5.41) is 20.4. The number of rotatable bonds is 6. The van der Waals surface area contributed by atoms with Crippen LogP contribution in [0.1, 0.15) is 31.9 Å². The molecule has 0 amide bonds. The number of imidazole rings is 1. The van der Waals surface area contributed by atoms with E-state index in [-0.39, 0.29) is 0 Å². The second-order valence-electron chi connectivity index (χ2n) is 5.75. The van der Waals surface area contributed by atoms with E-state index in [1.54, 1.807) is 12.4 Å². The zero-order valence-electron chi connectivity index (χ0n) is 13.8.